The van der Waals surface area contributed by atoms with E-state index in [1.54, 1.807) is 16.7 Å². The molecule has 0 radical (unpaired) electrons. The Hall–Kier alpha value is -1.59. The van der Waals surface area contributed by atoms with Gasteiger partial charge in [-0.3, -0.25) is 9.59 Å². The number of hydrogen-bond donors (Lipinski definition) is 1. The lowest BCUT2D eigenvalue weighted by Crippen LogP contribution is -2.41. The van der Waals surface area contributed by atoms with E-state index in [4.69, 9.17) is 5.73 Å². The fourth-order valence-electron chi connectivity index (χ4n) is 2.45. The third kappa shape index (κ3) is 4.44. The molecule has 0 aromatic heterocycles. The smallest absolute Gasteiger partial charge is 0.244 e. The Morgan fingerprint density at radius 2 is 1.62 bits per heavy atom. The molecule has 1 aliphatic rings. The van der Waals surface area contributed by atoms with Crippen molar-refractivity contribution in [3.63, 3.8) is 0 Å². The van der Waals surface area contributed by atoms with Crippen LogP contribution in [-0.4, -0.2) is 47.8 Å². The van der Waals surface area contributed by atoms with Gasteiger partial charge in [0.1, 0.15) is 6.04 Å². The molecule has 6 heteroatoms. The van der Waals surface area contributed by atoms with Crippen LogP contribution in [0.4, 0.5) is 0 Å². The van der Waals surface area contributed by atoms with E-state index in [0.29, 0.717) is 26.2 Å². The van der Waals surface area contributed by atoms with Crippen LogP contribution in [0, 0.1) is 0 Å². The Morgan fingerprint density at radius 1 is 1.05 bits per heavy atom. The zero-order chi connectivity index (χ0) is 14.5. The third-order valence-corrected chi connectivity index (χ3v) is 3.68. The summed E-state index contributed by atoms with van der Waals surface area (Å²) < 4.78 is 0. The van der Waals surface area contributed by atoms with Crippen LogP contribution in [0.1, 0.15) is 24.9 Å². The van der Waals surface area contributed by atoms with Crippen molar-refractivity contribution in [2.24, 2.45) is 5.73 Å². The predicted molar refractivity (Wildman–Crippen MR) is 84.1 cm³/mol. The number of nitrogens with zero attached hydrogens (tertiary/aromatic N) is 2. The van der Waals surface area contributed by atoms with Gasteiger partial charge in [0, 0.05) is 33.1 Å². The van der Waals surface area contributed by atoms with Crippen LogP contribution in [0.15, 0.2) is 30.3 Å². The topological polar surface area (TPSA) is 66.6 Å². The van der Waals surface area contributed by atoms with Gasteiger partial charge in [-0.25, -0.2) is 0 Å². The summed E-state index contributed by atoms with van der Waals surface area (Å²) in [4.78, 5) is 27.4. The van der Waals surface area contributed by atoms with Crippen molar-refractivity contribution in [1.29, 1.82) is 0 Å². The molecule has 2 N–H and O–H groups in total. The maximum absolute atomic E-state index is 12.4. The summed E-state index contributed by atoms with van der Waals surface area (Å²) in [6, 6.07) is 8.76. The highest BCUT2D eigenvalue weighted by Gasteiger charge is 2.25. The molecular weight excluding hydrogens is 290 g/mol. The Labute approximate surface area is 131 Å². The molecule has 5 nitrogen and oxygen atoms in total. The number of nitrogens with two attached hydrogens (primary N) is 1. The van der Waals surface area contributed by atoms with Crippen molar-refractivity contribution in [1.82, 2.24) is 9.80 Å². The van der Waals surface area contributed by atoms with E-state index in [0.717, 1.165) is 12.0 Å². The van der Waals surface area contributed by atoms with Gasteiger partial charge in [0.25, 0.3) is 0 Å². The van der Waals surface area contributed by atoms with Gasteiger partial charge >= 0.3 is 0 Å². The van der Waals surface area contributed by atoms with Crippen molar-refractivity contribution in [2.75, 3.05) is 26.2 Å². The molecule has 2 amide bonds. The van der Waals surface area contributed by atoms with Crippen LogP contribution in [0.25, 0.3) is 0 Å². The zero-order valence-electron chi connectivity index (χ0n) is 12.2. The highest BCUT2D eigenvalue weighted by Crippen LogP contribution is 2.14. The van der Waals surface area contributed by atoms with Crippen molar-refractivity contribution in [2.45, 2.75) is 19.4 Å². The average molecular weight is 312 g/mol. The van der Waals surface area contributed by atoms with E-state index in [2.05, 4.69) is 0 Å². The highest BCUT2D eigenvalue weighted by atomic mass is 35.5. The van der Waals surface area contributed by atoms with Crippen molar-refractivity contribution in [3.05, 3.63) is 35.9 Å². The Kier molecular flexibility index (Phi) is 6.65. The minimum atomic E-state index is -0.625. The largest absolute Gasteiger partial charge is 0.341 e. The molecule has 116 valence electrons. The van der Waals surface area contributed by atoms with Crippen LogP contribution >= 0.6 is 12.4 Å². The highest BCUT2D eigenvalue weighted by molar-refractivity contribution is 5.85. The number of hydrogen-bond acceptors (Lipinski definition) is 3. The minimum absolute atomic E-state index is 0. The van der Waals surface area contributed by atoms with E-state index in [9.17, 15) is 9.59 Å². The van der Waals surface area contributed by atoms with Gasteiger partial charge in [0.2, 0.25) is 11.8 Å². The lowest BCUT2D eigenvalue weighted by Gasteiger charge is -2.24. The van der Waals surface area contributed by atoms with Crippen molar-refractivity contribution < 1.29 is 9.59 Å². The molecule has 1 atom stereocenters. The van der Waals surface area contributed by atoms with E-state index < -0.39 is 6.04 Å². The lowest BCUT2D eigenvalue weighted by molar-refractivity contribution is -0.133. The quantitative estimate of drug-likeness (QED) is 0.892. The van der Waals surface area contributed by atoms with Crippen LogP contribution in [-0.2, 0) is 9.59 Å². The fraction of sp³-hybridized carbons (Fsp3) is 0.467. The number of carbonyl (C=O) groups is 2. The Balaban J connectivity index is 0.00000220. The second kappa shape index (κ2) is 8.00. The molecule has 0 spiro atoms. The van der Waals surface area contributed by atoms with E-state index in [1.807, 2.05) is 30.3 Å². The minimum Gasteiger partial charge on any atom is -0.341 e. The molecule has 0 saturated carbocycles. The summed E-state index contributed by atoms with van der Waals surface area (Å²) in [5, 5.41) is 0. The summed E-state index contributed by atoms with van der Waals surface area (Å²) in [7, 11) is 0. The van der Waals surface area contributed by atoms with Crippen LogP contribution < -0.4 is 5.73 Å². The maximum atomic E-state index is 12.4. The summed E-state index contributed by atoms with van der Waals surface area (Å²) in [5.41, 5.74) is 6.87. The van der Waals surface area contributed by atoms with Gasteiger partial charge < -0.3 is 15.5 Å². The monoisotopic (exact) mass is 311 g/mol. The fourth-order valence-corrected chi connectivity index (χ4v) is 2.45. The van der Waals surface area contributed by atoms with Gasteiger partial charge in [-0.2, -0.15) is 0 Å². The number of rotatable bonds is 2. The molecule has 1 heterocycles. The standard InChI is InChI=1S/C15H21N3O2.ClH/c1-12(19)17-8-5-9-18(11-10-17)15(20)14(16)13-6-3-2-4-7-13;/h2-4,6-7,14H,5,8-11,16H2,1H3;1H. The zero-order valence-corrected chi connectivity index (χ0v) is 13.0. The SMILES string of the molecule is CC(=O)N1CCCN(C(=O)C(N)c2ccccc2)CC1.Cl. The molecule has 2 rings (SSSR count). The number of halogens is 1. The number of benzene rings is 1. The van der Waals surface area contributed by atoms with Crippen molar-refractivity contribution in [3.8, 4) is 0 Å². The molecule has 0 bridgehead atoms. The molecule has 1 saturated heterocycles. The molecule has 1 aromatic rings. The first-order valence-electron chi connectivity index (χ1n) is 6.94. The van der Waals surface area contributed by atoms with Gasteiger partial charge in [-0.05, 0) is 12.0 Å². The Morgan fingerprint density at radius 3 is 2.24 bits per heavy atom. The first-order chi connectivity index (χ1) is 9.59. The molecule has 0 aliphatic carbocycles. The van der Waals surface area contributed by atoms with Gasteiger partial charge in [-0.1, -0.05) is 30.3 Å². The summed E-state index contributed by atoms with van der Waals surface area (Å²) in [5.74, 6) is -0.00624. The normalized spacial score (nSPS) is 16.7. The first kappa shape index (κ1) is 17.5. The van der Waals surface area contributed by atoms with Crippen LogP contribution in [0.3, 0.4) is 0 Å². The van der Waals surface area contributed by atoms with Gasteiger partial charge in [0.15, 0.2) is 0 Å². The summed E-state index contributed by atoms with van der Waals surface area (Å²) >= 11 is 0. The maximum Gasteiger partial charge on any atom is 0.244 e. The summed E-state index contributed by atoms with van der Waals surface area (Å²) in [6.07, 6.45) is 0.798. The van der Waals surface area contributed by atoms with Crippen molar-refractivity contribution >= 4 is 24.2 Å². The van der Waals surface area contributed by atoms with Crippen LogP contribution in [0.2, 0.25) is 0 Å². The van der Waals surface area contributed by atoms with E-state index in [1.165, 1.54) is 0 Å². The number of carbonyl (C=O) groups excluding carboxylic acids is 2. The lowest BCUT2D eigenvalue weighted by atomic mass is 10.1. The van der Waals surface area contributed by atoms with Gasteiger partial charge in [0.05, 0.1) is 0 Å². The number of amides is 2. The molecule has 1 aromatic carbocycles. The first-order valence-corrected chi connectivity index (χ1v) is 6.94. The third-order valence-electron chi connectivity index (χ3n) is 3.68. The second-order valence-electron chi connectivity index (χ2n) is 5.07. The van der Waals surface area contributed by atoms with Crippen LogP contribution in [0.5, 0.6) is 0 Å². The summed E-state index contributed by atoms with van der Waals surface area (Å²) in [6.45, 7) is 4.07. The molecule has 1 aliphatic heterocycles. The van der Waals surface area contributed by atoms with Gasteiger partial charge in [-0.15, -0.1) is 12.4 Å². The predicted octanol–water partition coefficient (Wildman–Crippen LogP) is 1.19. The van der Waals surface area contributed by atoms with E-state index >= 15 is 0 Å². The molecule has 1 unspecified atom stereocenters. The average Bonchev–Trinajstić information content (AvgIpc) is 2.72. The molecule has 21 heavy (non-hydrogen) atoms. The molecule has 1 fully saturated rings. The van der Waals surface area contributed by atoms with E-state index in [-0.39, 0.29) is 24.2 Å². The molecular formula is C15H22ClN3O2. The second-order valence-corrected chi connectivity index (χ2v) is 5.07. The Bertz CT molecular complexity index is 481.